The number of ether oxygens (including phenoxy) is 1. The molecule has 3 N–H and O–H groups in total. The summed E-state index contributed by atoms with van der Waals surface area (Å²) in [4.78, 5) is 21.6. The number of hydrogen-bond donors (Lipinski definition) is 3. The van der Waals surface area contributed by atoms with Gasteiger partial charge in [-0.3, -0.25) is 9.59 Å². The first-order chi connectivity index (χ1) is 12.4. The summed E-state index contributed by atoms with van der Waals surface area (Å²) in [5.74, 6) is -1.12. The van der Waals surface area contributed by atoms with Crippen molar-refractivity contribution in [3.63, 3.8) is 0 Å². The lowest BCUT2D eigenvalue weighted by molar-refractivity contribution is -0.138. The summed E-state index contributed by atoms with van der Waals surface area (Å²) >= 11 is 0. The van der Waals surface area contributed by atoms with Gasteiger partial charge in [-0.1, -0.05) is 12.1 Å². The molecule has 0 fully saturated rings. The fourth-order valence-corrected chi connectivity index (χ4v) is 2.68. The molecule has 0 aliphatic carbocycles. The minimum absolute atomic E-state index is 0.00117. The number of aromatic hydroxyl groups is 1. The zero-order valence-corrected chi connectivity index (χ0v) is 14.6. The molecule has 0 heterocycles. The minimum Gasteiger partial charge on any atom is -0.507 e. The van der Waals surface area contributed by atoms with Crippen LogP contribution >= 0.6 is 0 Å². The number of benzene rings is 2. The van der Waals surface area contributed by atoms with Gasteiger partial charge in [-0.25, -0.2) is 0 Å². The second kappa shape index (κ2) is 8.89. The van der Waals surface area contributed by atoms with E-state index in [1.165, 1.54) is 6.07 Å². The molecule has 6 heteroatoms. The van der Waals surface area contributed by atoms with E-state index >= 15 is 0 Å². The molecule has 2 rings (SSSR count). The first-order valence-corrected chi connectivity index (χ1v) is 8.42. The summed E-state index contributed by atoms with van der Waals surface area (Å²) in [5.41, 5.74) is 2.80. The highest BCUT2D eigenvalue weighted by Gasteiger charge is 2.14. The number of aliphatic carboxylic acids is 2. The summed E-state index contributed by atoms with van der Waals surface area (Å²) in [7, 11) is 0. The first kappa shape index (κ1) is 19.3. The van der Waals surface area contributed by atoms with Crippen LogP contribution in [-0.4, -0.2) is 33.9 Å². The van der Waals surface area contributed by atoms with Crippen molar-refractivity contribution >= 4 is 11.9 Å². The highest BCUT2D eigenvalue weighted by Crippen LogP contribution is 2.37. The molecule has 0 saturated heterocycles. The Labute approximate surface area is 151 Å². The quantitative estimate of drug-likeness (QED) is 0.634. The van der Waals surface area contributed by atoms with Crippen LogP contribution in [0.1, 0.15) is 30.9 Å². The zero-order valence-electron chi connectivity index (χ0n) is 14.6. The third kappa shape index (κ3) is 5.24. The number of aryl methyl sites for hydroxylation is 2. The molecule has 2 aromatic carbocycles. The Balaban J connectivity index is 2.42. The number of carboxylic acid groups (broad SMARTS) is 2. The number of phenols is 1. The molecule has 0 unspecified atom stereocenters. The van der Waals surface area contributed by atoms with Crippen LogP contribution < -0.4 is 4.74 Å². The van der Waals surface area contributed by atoms with Crippen molar-refractivity contribution in [1.29, 1.82) is 0 Å². The SMILES string of the molecule is CCOc1ccc(CCC(=O)O)cc1-c1cc(CCC(=O)O)ccc1O. The maximum Gasteiger partial charge on any atom is 0.303 e. The van der Waals surface area contributed by atoms with Crippen molar-refractivity contribution in [3.8, 4) is 22.6 Å². The molecule has 0 saturated carbocycles. The molecular weight excluding hydrogens is 336 g/mol. The first-order valence-electron chi connectivity index (χ1n) is 8.42. The van der Waals surface area contributed by atoms with E-state index in [0.717, 1.165) is 11.1 Å². The average Bonchev–Trinajstić information content (AvgIpc) is 2.60. The van der Waals surface area contributed by atoms with Gasteiger partial charge < -0.3 is 20.1 Å². The largest absolute Gasteiger partial charge is 0.507 e. The van der Waals surface area contributed by atoms with E-state index in [9.17, 15) is 14.7 Å². The molecule has 0 aliphatic rings. The summed E-state index contributed by atoms with van der Waals surface area (Å²) < 4.78 is 5.64. The van der Waals surface area contributed by atoms with Crippen LogP contribution in [0.2, 0.25) is 0 Å². The molecule has 0 amide bonds. The number of hydrogen-bond acceptors (Lipinski definition) is 4. The van der Waals surface area contributed by atoms with E-state index in [1.807, 2.05) is 19.1 Å². The van der Waals surface area contributed by atoms with E-state index in [2.05, 4.69) is 0 Å². The Bertz CT molecular complexity index is 797. The minimum atomic E-state index is -0.884. The fraction of sp³-hybridized carbons (Fsp3) is 0.300. The molecule has 26 heavy (non-hydrogen) atoms. The molecule has 138 valence electrons. The van der Waals surface area contributed by atoms with E-state index in [-0.39, 0.29) is 18.6 Å². The Morgan fingerprint density at radius 2 is 1.42 bits per heavy atom. The smallest absolute Gasteiger partial charge is 0.303 e. The van der Waals surface area contributed by atoms with Crippen molar-refractivity contribution in [2.24, 2.45) is 0 Å². The van der Waals surface area contributed by atoms with Crippen molar-refractivity contribution in [2.75, 3.05) is 6.61 Å². The van der Waals surface area contributed by atoms with E-state index < -0.39 is 11.9 Å². The van der Waals surface area contributed by atoms with Crippen LogP contribution in [-0.2, 0) is 22.4 Å². The number of carbonyl (C=O) groups is 2. The Morgan fingerprint density at radius 3 is 1.96 bits per heavy atom. The van der Waals surface area contributed by atoms with Crippen LogP contribution in [0.5, 0.6) is 11.5 Å². The maximum absolute atomic E-state index is 10.8. The van der Waals surface area contributed by atoms with Gasteiger partial charge in [0.25, 0.3) is 0 Å². The second-order valence-electron chi connectivity index (χ2n) is 5.90. The topological polar surface area (TPSA) is 104 Å². The highest BCUT2D eigenvalue weighted by molar-refractivity contribution is 5.77. The summed E-state index contributed by atoms with van der Waals surface area (Å²) in [5, 5.41) is 28.0. The number of carboxylic acids is 2. The van der Waals surface area contributed by atoms with Crippen LogP contribution in [0, 0.1) is 0 Å². The average molecular weight is 358 g/mol. The van der Waals surface area contributed by atoms with Gasteiger partial charge in [0, 0.05) is 24.0 Å². The fourth-order valence-electron chi connectivity index (χ4n) is 2.68. The van der Waals surface area contributed by atoms with Crippen LogP contribution in [0.3, 0.4) is 0 Å². The molecule has 0 spiro atoms. The van der Waals surface area contributed by atoms with Gasteiger partial charge >= 0.3 is 11.9 Å². The summed E-state index contributed by atoms with van der Waals surface area (Å²) in [6.45, 7) is 2.30. The molecule has 0 bridgehead atoms. The summed E-state index contributed by atoms with van der Waals surface area (Å²) in [6.07, 6.45) is 0.735. The van der Waals surface area contributed by atoms with E-state index in [0.29, 0.717) is 36.3 Å². The summed E-state index contributed by atoms with van der Waals surface area (Å²) in [6, 6.07) is 10.4. The Kier molecular flexibility index (Phi) is 6.60. The van der Waals surface area contributed by atoms with Crippen LogP contribution in [0.25, 0.3) is 11.1 Å². The third-order valence-corrected chi connectivity index (χ3v) is 3.95. The van der Waals surface area contributed by atoms with Gasteiger partial charge in [0.1, 0.15) is 11.5 Å². The van der Waals surface area contributed by atoms with Gasteiger partial charge in [-0.15, -0.1) is 0 Å². The third-order valence-electron chi connectivity index (χ3n) is 3.95. The van der Waals surface area contributed by atoms with Gasteiger partial charge in [0.05, 0.1) is 6.61 Å². The molecule has 2 aromatic rings. The van der Waals surface area contributed by atoms with Gasteiger partial charge in [0.15, 0.2) is 0 Å². The predicted octanol–water partition coefficient (Wildman–Crippen LogP) is 3.49. The highest BCUT2D eigenvalue weighted by atomic mass is 16.5. The molecule has 0 atom stereocenters. The molecule has 0 aromatic heterocycles. The molecule has 0 aliphatic heterocycles. The lowest BCUT2D eigenvalue weighted by Crippen LogP contribution is -2.00. The maximum atomic E-state index is 10.8. The zero-order chi connectivity index (χ0) is 19.1. The number of rotatable bonds is 9. The van der Waals surface area contributed by atoms with Gasteiger partial charge in [-0.05, 0) is 55.2 Å². The van der Waals surface area contributed by atoms with Gasteiger partial charge in [0.2, 0.25) is 0 Å². The lowest BCUT2D eigenvalue weighted by atomic mass is 9.96. The van der Waals surface area contributed by atoms with Crippen LogP contribution in [0.4, 0.5) is 0 Å². The number of phenolic OH excluding ortho intramolecular Hbond substituents is 1. The van der Waals surface area contributed by atoms with Crippen molar-refractivity contribution in [3.05, 3.63) is 47.5 Å². The van der Waals surface area contributed by atoms with Crippen LogP contribution in [0.15, 0.2) is 36.4 Å². The molecular formula is C20H22O6. The predicted molar refractivity (Wildman–Crippen MR) is 96.6 cm³/mol. The van der Waals surface area contributed by atoms with Gasteiger partial charge in [-0.2, -0.15) is 0 Å². The van der Waals surface area contributed by atoms with Crippen molar-refractivity contribution < 1.29 is 29.6 Å². The second-order valence-corrected chi connectivity index (χ2v) is 5.90. The monoisotopic (exact) mass is 358 g/mol. The Morgan fingerprint density at radius 1 is 0.885 bits per heavy atom. The lowest BCUT2D eigenvalue weighted by Gasteiger charge is -2.14. The van der Waals surface area contributed by atoms with Crippen molar-refractivity contribution in [1.82, 2.24) is 0 Å². The van der Waals surface area contributed by atoms with E-state index in [1.54, 1.807) is 18.2 Å². The van der Waals surface area contributed by atoms with Crippen molar-refractivity contribution in [2.45, 2.75) is 32.6 Å². The molecule has 0 radical (unpaired) electrons. The Hall–Kier alpha value is -3.02. The normalized spacial score (nSPS) is 10.5. The standard InChI is InChI=1S/C20H22O6/c1-2-26-18-8-4-14(6-10-20(24)25)12-16(18)15-11-13(3-7-17(15)21)5-9-19(22)23/h3-4,7-8,11-12,21H,2,5-6,9-10H2,1H3,(H,22,23)(H,24,25). The molecule has 6 nitrogen and oxygen atoms in total. The van der Waals surface area contributed by atoms with E-state index in [4.69, 9.17) is 14.9 Å².